The number of para-hydroxylation sites is 1. The molecule has 2 nitrogen and oxygen atoms in total. The van der Waals surface area contributed by atoms with Crippen LogP contribution in [0.15, 0.2) is 168 Å². The second-order valence-electron chi connectivity index (χ2n) is 12.1. The minimum Gasteiger partial charge on any atom is -0.456 e. The lowest BCUT2D eigenvalue weighted by Gasteiger charge is -2.25. The van der Waals surface area contributed by atoms with Crippen LogP contribution in [0.1, 0.15) is 0 Å². The van der Waals surface area contributed by atoms with Gasteiger partial charge in [0.1, 0.15) is 11.2 Å². The van der Waals surface area contributed by atoms with Crippen molar-refractivity contribution in [2.24, 2.45) is 0 Å². The Kier molecular flexibility index (Phi) is 5.78. The molecule has 0 aliphatic carbocycles. The zero-order valence-electron chi connectivity index (χ0n) is 25.4. The third-order valence-corrected chi connectivity index (χ3v) is 10.7. The average Bonchev–Trinajstić information content (AvgIpc) is 3.71. The number of anilines is 3. The van der Waals surface area contributed by atoms with E-state index in [0.29, 0.717) is 0 Å². The lowest BCUT2D eigenvalue weighted by molar-refractivity contribution is 0.669. The Morgan fingerprint density at radius 1 is 0.383 bits per heavy atom. The monoisotopic (exact) mass is 617 g/mol. The molecule has 10 aromatic rings. The Morgan fingerprint density at radius 3 is 1.89 bits per heavy atom. The molecule has 0 spiro atoms. The van der Waals surface area contributed by atoms with Crippen LogP contribution in [0.25, 0.3) is 74.8 Å². The Balaban J connectivity index is 1.14. The SMILES string of the molecule is c1ccc(N(c2ccc(-c3ccc4ccccc4c3)cc2)c2ccc3oc4ccc5c6ccc7ccccc7c6sc5c4c3c2)cc1. The van der Waals surface area contributed by atoms with Gasteiger partial charge in [-0.25, -0.2) is 0 Å². The fourth-order valence-corrected chi connectivity index (χ4v) is 8.53. The summed E-state index contributed by atoms with van der Waals surface area (Å²) in [6.07, 6.45) is 0. The first-order valence-electron chi connectivity index (χ1n) is 15.9. The first-order chi connectivity index (χ1) is 23.3. The van der Waals surface area contributed by atoms with E-state index in [9.17, 15) is 0 Å². The minimum absolute atomic E-state index is 0.901. The molecule has 0 fully saturated rings. The molecular weight excluding hydrogens is 591 g/mol. The van der Waals surface area contributed by atoms with Crippen LogP contribution in [-0.2, 0) is 0 Å². The molecule has 0 amide bonds. The van der Waals surface area contributed by atoms with E-state index in [1.54, 1.807) is 0 Å². The van der Waals surface area contributed by atoms with Crippen LogP contribution in [0.5, 0.6) is 0 Å². The lowest BCUT2D eigenvalue weighted by Crippen LogP contribution is -2.09. The summed E-state index contributed by atoms with van der Waals surface area (Å²) in [5, 5.41) is 9.97. The normalized spacial score (nSPS) is 11.8. The van der Waals surface area contributed by atoms with Crippen LogP contribution in [0.2, 0.25) is 0 Å². The van der Waals surface area contributed by atoms with Gasteiger partial charge in [0, 0.05) is 48.0 Å². The van der Waals surface area contributed by atoms with Crippen LogP contribution in [0.3, 0.4) is 0 Å². The number of thiophene rings is 1. The molecule has 0 saturated heterocycles. The van der Waals surface area contributed by atoms with Gasteiger partial charge in [-0.05, 0) is 93.3 Å². The van der Waals surface area contributed by atoms with Crippen molar-refractivity contribution < 1.29 is 4.42 Å². The maximum Gasteiger partial charge on any atom is 0.136 e. The van der Waals surface area contributed by atoms with E-state index in [1.165, 1.54) is 58.2 Å². The molecule has 0 bridgehead atoms. The summed E-state index contributed by atoms with van der Waals surface area (Å²) in [4.78, 5) is 2.33. The van der Waals surface area contributed by atoms with Gasteiger partial charge in [0.2, 0.25) is 0 Å². The summed E-state index contributed by atoms with van der Waals surface area (Å²) in [6, 6.07) is 58.9. The lowest BCUT2D eigenvalue weighted by atomic mass is 10.0. The van der Waals surface area contributed by atoms with E-state index in [1.807, 2.05) is 11.3 Å². The summed E-state index contributed by atoms with van der Waals surface area (Å²) >= 11 is 1.87. The van der Waals surface area contributed by atoms with E-state index in [4.69, 9.17) is 4.42 Å². The van der Waals surface area contributed by atoms with Gasteiger partial charge in [-0.1, -0.05) is 103 Å². The zero-order valence-corrected chi connectivity index (χ0v) is 26.2. The Labute approximate surface area is 275 Å². The number of benzene rings is 8. The van der Waals surface area contributed by atoms with E-state index in [2.05, 4.69) is 169 Å². The van der Waals surface area contributed by atoms with Crippen molar-refractivity contribution in [1.29, 1.82) is 0 Å². The summed E-state index contributed by atoms with van der Waals surface area (Å²) in [5.74, 6) is 0. The van der Waals surface area contributed by atoms with Gasteiger partial charge in [0.05, 0.1) is 0 Å². The smallest absolute Gasteiger partial charge is 0.136 e. The van der Waals surface area contributed by atoms with Crippen molar-refractivity contribution >= 4 is 92.1 Å². The van der Waals surface area contributed by atoms with Crippen molar-refractivity contribution in [2.45, 2.75) is 0 Å². The molecule has 0 saturated carbocycles. The van der Waals surface area contributed by atoms with Gasteiger partial charge >= 0.3 is 0 Å². The van der Waals surface area contributed by atoms with Crippen LogP contribution >= 0.6 is 11.3 Å². The molecule has 2 heterocycles. The van der Waals surface area contributed by atoms with Gasteiger partial charge in [-0.2, -0.15) is 0 Å². The van der Waals surface area contributed by atoms with Crippen LogP contribution in [0, 0.1) is 0 Å². The Hall–Kier alpha value is -5.90. The highest BCUT2D eigenvalue weighted by Gasteiger charge is 2.19. The number of fused-ring (bicyclic) bond motifs is 10. The number of hydrogen-bond donors (Lipinski definition) is 0. The topological polar surface area (TPSA) is 16.4 Å². The van der Waals surface area contributed by atoms with E-state index < -0.39 is 0 Å². The highest BCUT2D eigenvalue weighted by Crippen LogP contribution is 2.46. The molecule has 0 unspecified atom stereocenters. The molecule has 0 radical (unpaired) electrons. The predicted octanol–water partition coefficient (Wildman–Crippen LogP) is 13.4. The summed E-state index contributed by atoms with van der Waals surface area (Å²) in [6.45, 7) is 0. The number of nitrogens with zero attached hydrogens (tertiary/aromatic N) is 1. The van der Waals surface area contributed by atoms with Gasteiger partial charge in [-0.3, -0.25) is 0 Å². The van der Waals surface area contributed by atoms with Crippen molar-refractivity contribution in [3.8, 4) is 11.1 Å². The average molecular weight is 618 g/mol. The summed E-state index contributed by atoms with van der Waals surface area (Å²) in [5.41, 5.74) is 7.54. The van der Waals surface area contributed by atoms with Gasteiger partial charge in [0.15, 0.2) is 0 Å². The number of hydrogen-bond acceptors (Lipinski definition) is 3. The van der Waals surface area contributed by atoms with Gasteiger partial charge in [0.25, 0.3) is 0 Å². The molecule has 10 rings (SSSR count). The van der Waals surface area contributed by atoms with Crippen LogP contribution in [-0.4, -0.2) is 0 Å². The molecule has 0 aliphatic heterocycles. The molecule has 47 heavy (non-hydrogen) atoms. The number of rotatable bonds is 4. The Bertz CT molecular complexity index is 2790. The molecular formula is C44H27NOS. The largest absolute Gasteiger partial charge is 0.456 e. The van der Waals surface area contributed by atoms with E-state index >= 15 is 0 Å². The Morgan fingerprint density at radius 2 is 1.02 bits per heavy atom. The van der Waals surface area contributed by atoms with Crippen LogP contribution in [0.4, 0.5) is 17.1 Å². The molecule has 3 heteroatoms. The second-order valence-corrected chi connectivity index (χ2v) is 13.2. The third kappa shape index (κ3) is 4.17. The summed E-state index contributed by atoms with van der Waals surface area (Å²) in [7, 11) is 0. The zero-order chi connectivity index (χ0) is 30.9. The molecule has 0 N–H and O–H groups in total. The molecule has 8 aromatic carbocycles. The first kappa shape index (κ1) is 26.3. The van der Waals surface area contributed by atoms with Crippen molar-refractivity contribution in [2.75, 3.05) is 4.90 Å². The molecule has 0 aliphatic rings. The maximum atomic E-state index is 6.47. The molecule has 220 valence electrons. The molecule has 2 aromatic heterocycles. The van der Waals surface area contributed by atoms with Crippen molar-refractivity contribution in [1.82, 2.24) is 0 Å². The standard InChI is InChI=1S/C44H27NOS/c1-2-11-33(12-3-1)45(34-19-16-29(17-20-34)32-15-14-28-8-4-5-10-31(28)26-32)35-21-24-40-39(27-35)42-41(46-40)25-23-38-37-22-18-30-9-6-7-13-36(30)43(37)47-44(38)42/h1-27H. The quantitative estimate of drug-likeness (QED) is 0.195. The fraction of sp³-hybridized carbons (Fsp3) is 0. The van der Waals surface area contributed by atoms with Gasteiger partial charge in [-0.15, -0.1) is 11.3 Å². The highest BCUT2D eigenvalue weighted by molar-refractivity contribution is 7.27. The van der Waals surface area contributed by atoms with Crippen LogP contribution < -0.4 is 4.90 Å². The summed E-state index contributed by atoms with van der Waals surface area (Å²) < 4.78 is 9.07. The molecule has 0 atom stereocenters. The second kappa shape index (κ2) is 10.3. The third-order valence-electron chi connectivity index (χ3n) is 9.43. The van der Waals surface area contributed by atoms with E-state index in [0.717, 1.165) is 33.6 Å². The maximum absolute atomic E-state index is 6.47. The predicted molar refractivity (Wildman–Crippen MR) is 202 cm³/mol. The van der Waals surface area contributed by atoms with Crippen molar-refractivity contribution in [3.63, 3.8) is 0 Å². The van der Waals surface area contributed by atoms with Gasteiger partial charge < -0.3 is 9.32 Å². The first-order valence-corrected chi connectivity index (χ1v) is 16.7. The number of furan rings is 1. The fourth-order valence-electron chi connectivity index (χ4n) is 7.15. The minimum atomic E-state index is 0.901. The van der Waals surface area contributed by atoms with Crippen molar-refractivity contribution in [3.05, 3.63) is 164 Å². The van der Waals surface area contributed by atoms with E-state index in [-0.39, 0.29) is 0 Å². The highest BCUT2D eigenvalue weighted by atomic mass is 32.1.